The molecule has 3 aromatic carbocycles. The number of hydrogen-bond donors (Lipinski definition) is 2. The van der Waals surface area contributed by atoms with Gasteiger partial charge in [-0.3, -0.25) is 9.48 Å². The largest absolute Gasteiger partial charge is 0.497 e. The van der Waals surface area contributed by atoms with Crippen molar-refractivity contribution in [1.82, 2.24) is 29.1 Å². The number of aliphatic hydroxyl groups is 1. The molecule has 3 N–H and O–H groups in total. The Kier molecular flexibility index (Phi) is 22.4. The molecule has 6 rings (SSSR count). The van der Waals surface area contributed by atoms with E-state index in [2.05, 4.69) is 50.0 Å². The summed E-state index contributed by atoms with van der Waals surface area (Å²) in [5.74, 6) is -0.810. The van der Waals surface area contributed by atoms with Crippen molar-refractivity contribution < 1.29 is 28.2 Å². The molecule has 5 aromatic rings. The van der Waals surface area contributed by atoms with Crippen LogP contribution in [0.25, 0.3) is 5.69 Å². The lowest BCUT2D eigenvalue weighted by atomic mass is 10.0. The van der Waals surface area contributed by atoms with Crippen LogP contribution in [0.4, 0.5) is 20.2 Å². The molecule has 1 aliphatic rings. The Labute approximate surface area is 352 Å². The van der Waals surface area contributed by atoms with Gasteiger partial charge in [-0.1, -0.05) is 40.7 Å². The first-order valence-electron chi connectivity index (χ1n) is 20.0. The molecule has 1 aliphatic heterocycles. The lowest BCUT2D eigenvalue weighted by molar-refractivity contribution is -0.148. The first-order valence-corrected chi connectivity index (χ1v) is 20.0. The maximum atomic E-state index is 13.4. The van der Waals surface area contributed by atoms with Gasteiger partial charge >= 0.3 is 11.7 Å². The molecule has 0 amide bonds. The number of aliphatic hydroxyl groups excluding tert-OH is 1. The van der Waals surface area contributed by atoms with Gasteiger partial charge in [0.2, 0.25) is 0 Å². The number of carbonyl (C=O) groups excluding carboxylic acids is 1. The van der Waals surface area contributed by atoms with Gasteiger partial charge in [-0.25, -0.2) is 27.8 Å². The van der Waals surface area contributed by atoms with Crippen molar-refractivity contribution in [2.24, 2.45) is 5.73 Å². The summed E-state index contributed by atoms with van der Waals surface area (Å²) in [4.78, 5) is 33.2. The van der Waals surface area contributed by atoms with Crippen LogP contribution in [0.3, 0.4) is 0 Å². The van der Waals surface area contributed by atoms with E-state index in [9.17, 15) is 18.4 Å². The summed E-state index contributed by atoms with van der Waals surface area (Å²) in [5.41, 5.74) is 8.59. The van der Waals surface area contributed by atoms with Crippen LogP contribution in [0, 0.1) is 24.5 Å². The minimum Gasteiger partial charge on any atom is -0.497 e. The minimum atomic E-state index is -0.561. The smallest absolute Gasteiger partial charge is 0.350 e. The zero-order valence-electron chi connectivity index (χ0n) is 35.8. The van der Waals surface area contributed by atoms with Crippen molar-refractivity contribution in [2.75, 3.05) is 56.2 Å². The molecule has 2 aromatic heterocycles. The molecule has 16 heteroatoms. The standard InChI is InChI=1S/C26H34N6O4.C11H11F2N3.C3H8O.C2H6.C2H2/c1-4-24(19(2)36-25(33)17-27)32-26(34)31(18-28-32)22-7-5-20(6-8-22)29-13-15-30(16-14-29)21-9-11-23(35-3)12-10-21;1-8(5-16-7-14-6-15-16)10-3-2-9(12)4-11(10)13;1-2-3-4;2*1-2/h5-12,18-19,24H,4,13-17,27H2,1-3H3;2-4,6-8H,5H2,1H3;4H,2-3H2,1H3;1-2H3;1-2H/t19-,24-;;;;/m0..../s1. The predicted molar refractivity (Wildman–Crippen MR) is 233 cm³/mol. The van der Waals surface area contributed by atoms with Crippen molar-refractivity contribution in [3.63, 3.8) is 0 Å². The van der Waals surface area contributed by atoms with Crippen molar-refractivity contribution in [1.29, 1.82) is 0 Å². The van der Waals surface area contributed by atoms with Crippen LogP contribution in [0.2, 0.25) is 0 Å². The van der Waals surface area contributed by atoms with Crippen LogP contribution in [-0.2, 0) is 16.1 Å². The highest BCUT2D eigenvalue weighted by atomic mass is 19.1. The maximum absolute atomic E-state index is 13.4. The number of halogens is 2. The lowest BCUT2D eigenvalue weighted by Gasteiger charge is -2.37. The van der Waals surface area contributed by atoms with Gasteiger partial charge in [0.1, 0.15) is 42.5 Å². The number of hydrogen-bond acceptors (Lipinski definition) is 11. The van der Waals surface area contributed by atoms with Crippen LogP contribution in [0.5, 0.6) is 5.75 Å². The number of terminal acetylenes is 1. The van der Waals surface area contributed by atoms with Crippen LogP contribution < -0.4 is 26.0 Å². The number of nitrogens with zero attached hydrogens (tertiary/aromatic N) is 8. The van der Waals surface area contributed by atoms with Gasteiger partial charge in [-0.05, 0) is 79.9 Å². The summed E-state index contributed by atoms with van der Waals surface area (Å²) in [6.45, 7) is 15.7. The Balaban J connectivity index is 0.000000427. The molecule has 1 saturated heterocycles. The molecule has 0 saturated carbocycles. The third-order valence-corrected chi connectivity index (χ3v) is 9.31. The van der Waals surface area contributed by atoms with E-state index in [-0.39, 0.29) is 24.2 Å². The number of esters is 1. The molecule has 3 atom stereocenters. The summed E-state index contributed by atoms with van der Waals surface area (Å²) in [6.07, 6.45) is 13.4. The average Bonchev–Trinajstić information content (AvgIpc) is 3.95. The maximum Gasteiger partial charge on any atom is 0.350 e. The zero-order chi connectivity index (χ0) is 44.6. The second-order valence-electron chi connectivity index (χ2n) is 13.2. The van der Waals surface area contributed by atoms with E-state index < -0.39 is 23.7 Å². The van der Waals surface area contributed by atoms with Gasteiger partial charge in [-0.15, -0.1) is 12.8 Å². The van der Waals surface area contributed by atoms with E-state index in [1.165, 1.54) is 39.7 Å². The first kappa shape index (κ1) is 50.1. The fraction of sp³-hybridized carbons (Fsp3) is 0.432. The highest BCUT2D eigenvalue weighted by Gasteiger charge is 2.25. The molecule has 326 valence electrons. The first-order chi connectivity index (χ1) is 29.0. The number of carbonyl (C=O) groups is 1. The van der Waals surface area contributed by atoms with Gasteiger partial charge in [-0.2, -0.15) is 10.2 Å². The minimum absolute atomic E-state index is 0.0812. The number of nitrogens with two attached hydrogens (primary N) is 1. The van der Waals surface area contributed by atoms with Gasteiger partial charge in [0.15, 0.2) is 0 Å². The lowest BCUT2D eigenvalue weighted by Crippen LogP contribution is -2.46. The van der Waals surface area contributed by atoms with E-state index in [0.29, 0.717) is 25.1 Å². The Hall–Kier alpha value is -6.05. The molecular formula is C44H61F2N9O5. The summed E-state index contributed by atoms with van der Waals surface area (Å²) < 4.78 is 41.2. The van der Waals surface area contributed by atoms with Crippen LogP contribution in [0.1, 0.15) is 71.9 Å². The molecule has 0 aliphatic carbocycles. The average molecular weight is 834 g/mol. The summed E-state index contributed by atoms with van der Waals surface area (Å²) in [7, 11) is 1.67. The highest BCUT2D eigenvalue weighted by molar-refractivity contribution is 5.71. The monoisotopic (exact) mass is 833 g/mol. The molecule has 1 unspecified atom stereocenters. The summed E-state index contributed by atoms with van der Waals surface area (Å²) >= 11 is 0. The van der Waals surface area contributed by atoms with Crippen molar-refractivity contribution in [3.8, 4) is 24.3 Å². The zero-order valence-corrected chi connectivity index (χ0v) is 35.8. The number of benzene rings is 3. The van der Waals surface area contributed by atoms with Crippen molar-refractivity contribution >= 4 is 17.3 Å². The molecule has 0 radical (unpaired) electrons. The molecule has 1 fully saturated rings. The van der Waals surface area contributed by atoms with Crippen LogP contribution in [-0.4, -0.2) is 92.7 Å². The number of anilines is 2. The SMILES string of the molecule is C#C.CC.CC(Cn1cncn1)c1ccc(F)cc1F.CCCO.CC[C@@H]([C@H](C)OC(=O)CN)n1ncn(-c2ccc(N3CCN(c4ccc(OC)cc4)CC3)cc2)c1=O. The predicted octanol–water partition coefficient (Wildman–Crippen LogP) is 6.24. The third-order valence-electron chi connectivity index (χ3n) is 9.31. The molecule has 3 heterocycles. The van der Waals surface area contributed by atoms with E-state index in [4.69, 9.17) is 20.3 Å². The number of aromatic nitrogens is 6. The quantitative estimate of drug-likeness (QED) is 0.102. The van der Waals surface area contributed by atoms with Crippen molar-refractivity contribution in [2.45, 2.75) is 79.0 Å². The molecule has 14 nitrogen and oxygen atoms in total. The Morgan fingerprint density at radius 2 is 1.43 bits per heavy atom. The summed E-state index contributed by atoms with van der Waals surface area (Å²) in [6, 6.07) is 19.3. The van der Waals surface area contributed by atoms with Gasteiger partial charge in [0.25, 0.3) is 0 Å². The fourth-order valence-electron chi connectivity index (χ4n) is 6.21. The van der Waals surface area contributed by atoms with E-state index in [0.717, 1.165) is 55.8 Å². The second kappa shape index (κ2) is 26.9. The van der Waals surface area contributed by atoms with Crippen molar-refractivity contribution in [3.05, 3.63) is 113 Å². The highest BCUT2D eigenvalue weighted by Crippen LogP contribution is 2.24. The normalized spacial score (nSPS) is 13.3. The van der Waals surface area contributed by atoms with Gasteiger partial charge in [0.05, 0.1) is 25.4 Å². The van der Waals surface area contributed by atoms with Crippen LogP contribution >= 0.6 is 0 Å². The molecule has 0 bridgehead atoms. The molecule has 60 heavy (non-hydrogen) atoms. The molecular weight excluding hydrogens is 773 g/mol. The van der Waals surface area contributed by atoms with E-state index in [1.54, 1.807) is 25.0 Å². The van der Waals surface area contributed by atoms with Gasteiger partial charge in [0, 0.05) is 62.7 Å². The number of piperazine rings is 1. The Morgan fingerprint density at radius 3 is 1.90 bits per heavy atom. The Morgan fingerprint density at radius 1 is 0.883 bits per heavy atom. The third kappa shape index (κ3) is 14.6. The summed E-state index contributed by atoms with van der Waals surface area (Å²) in [5, 5.41) is 16.1. The Bertz CT molecular complexity index is 2010. The van der Waals surface area contributed by atoms with Gasteiger partial charge < -0.3 is 30.1 Å². The number of rotatable bonds is 13. The number of methoxy groups -OCH3 is 1. The molecule has 0 spiro atoms. The van der Waals surface area contributed by atoms with Crippen LogP contribution in [0.15, 0.2) is 90.5 Å². The topological polar surface area (TPSA) is 159 Å². The fourth-order valence-corrected chi connectivity index (χ4v) is 6.21. The second-order valence-corrected chi connectivity index (χ2v) is 13.2. The van der Waals surface area contributed by atoms with E-state index in [1.807, 2.05) is 71.0 Å². The number of ether oxygens (including phenoxy) is 2. The van der Waals surface area contributed by atoms with E-state index >= 15 is 0 Å².